The molecule has 0 atom stereocenters. The van der Waals surface area contributed by atoms with Crippen LogP contribution < -0.4 is 10.2 Å². The Balaban J connectivity index is 1.80. The zero-order valence-electron chi connectivity index (χ0n) is 9.47. The Labute approximate surface area is 96.1 Å². The smallest absolute Gasteiger partial charge is 0.151 e. The standard InChI is InChI=1S/C12H18N4/c1-2-12(15-14-7-1)16(10-3-4-10)11-5-8-13-9-6-11/h1-2,7,10-11,13H,3-6,8-9H2. The van der Waals surface area contributed by atoms with E-state index in [2.05, 4.69) is 26.5 Å². The molecule has 1 aliphatic carbocycles. The summed E-state index contributed by atoms with van der Waals surface area (Å²) in [5.41, 5.74) is 0. The highest BCUT2D eigenvalue weighted by atomic mass is 15.3. The monoisotopic (exact) mass is 218 g/mol. The maximum Gasteiger partial charge on any atom is 0.151 e. The lowest BCUT2D eigenvalue weighted by Gasteiger charge is -2.35. The molecular weight excluding hydrogens is 200 g/mol. The van der Waals surface area contributed by atoms with Gasteiger partial charge in [0, 0.05) is 18.3 Å². The predicted molar refractivity (Wildman–Crippen MR) is 63.4 cm³/mol. The molecule has 16 heavy (non-hydrogen) atoms. The Kier molecular flexibility index (Phi) is 2.74. The molecule has 86 valence electrons. The molecule has 2 heterocycles. The Hall–Kier alpha value is -1.16. The van der Waals surface area contributed by atoms with Crippen molar-refractivity contribution in [2.24, 2.45) is 0 Å². The lowest BCUT2D eigenvalue weighted by Crippen LogP contribution is -2.44. The van der Waals surface area contributed by atoms with Gasteiger partial charge >= 0.3 is 0 Å². The summed E-state index contributed by atoms with van der Waals surface area (Å²) in [5, 5.41) is 11.7. The highest BCUT2D eigenvalue weighted by Gasteiger charge is 2.35. The number of aromatic nitrogens is 2. The minimum Gasteiger partial charge on any atom is -0.349 e. The van der Waals surface area contributed by atoms with Crippen molar-refractivity contribution in [3.05, 3.63) is 18.3 Å². The number of piperidine rings is 1. The molecule has 1 N–H and O–H groups in total. The number of hydrogen-bond acceptors (Lipinski definition) is 4. The van der Waals surface area contributed by atoms with E-state index in [1.54, 1.807) is 6.20 Å². The van der Waals surface area contributed by atoms with Gasteiger partial charge in [0.05, 0.1) is 0 Å². The van der Waals surface area contributed by atoms with Gasteiger partial charge in [0.25, 0.3) is 0 Å². The van der Waals surface area contributed by atoms with Crippen LogP contribution in [0.25, 0.3) is 0 Å². The van der Waals surface area contributed by atoms with Crippen molar-refractivity contribution in [2.45, 2.75) is 37.8 Å². The first kappa shape index (κ1) is 10.0. The van der Waals surface area contributed by atoms with Gasteiger partial charge in [0.15, 0.2) is 5.82 Å². The van der Waals surface area contributed by atoms with Crippen LogP contribution in [-0.2, 0) is 0 Å². The molecule has 0 aromatic carbocycles. The molecule has 0 unspecified atom stereocenters. The number of hydrogen-bond donors (Lipinski definition) is 1. The lowest BCUT2D eigenvalue weighted by atomic mass is 10.0. The Bertz CT molecular complexity index is 330. The average Bonchev–Trinajstić information content (AvgIpc) is 3.17. The second kappa shape index (κ2) is 4.37. The quantitative estimate of drug-likeness (QED) is 0.827. The number of rotatable bonds is 3. The van der Waals surface area contributed by atoms with E-state index in [0.717, 1.165) is 24.9 Å². The molecule has 0 amide bonds. The predicted octanol–water partition coefficient (Wildman–Crippen LogP) is 1.20. The second-order valence-electron chi connectivity index (χ2n) is 4.70. The van der Waals surface area contributed by atoms with Crippen molar-refractivity contribution < 1.29 is 0 Å². The lowest BCUT2D eigenvalue weighted by molar-refractivity contribution is 0.424. The van der Waals surface area contributed by atoms with Crippen LogP contribution in [0.2, 0.25) is 0 Å². The summed E-state index contributed by atoms with van der Waals surface area (Å²) < 4.78 is 0. The topological polar surface area (TPSA) is 41.1 Å². The summed E-state index contributed by atoms with van der Waals surface area (Å²) in [6.45, 7) is 2.27. The molecule has 1 aliphatic heterocycles. The van der Waals surface area contributed by atoms with Gasteiger partial charge in [-0.1, -0.05) is 0 Å². The van der Waals surface area contributed by atoms with Crippen LogP contribution in [0.1, 0.15) is 25.7 Å². The average molecular weight is 218 g/mol. The molecule has 0 spiro atoms. The van der Waals surface area contributed by atoms with Gasteiger partial charge in [-0.3, -0.25) is 0 Å². The molecule has 3 rings (SSSR count). The van der Waals surface area contributed by atoms with E-state index in [1.165, 1.54) is 25.7 Å². The van der Waals surface area contributed by atoms with Gasteiger partial charge in [0.2, 0.25) is 0 Å². The van der Waals surface area contributed by atoms with Gasteiger partial charge in [-0.2, -0.15) is 5.10 Å². The zero-order valence-corrected chi connectivity index (χ0v) is 9.47. The van der Waals surface area contributed by atoms with Gasteiger partial charge in [0.1, 0.15) is 0 Å². The summed E-state index contributed by atoms with van der Waals surface area (Å²) in [4.78, 5) is 2.51. The first-order valence-electron chi connectivity index (χ1n) is 6.22. The second-order valence-corrected chi connectivity index (χ2v) is 4.70. The number of anilines is 1. The van der Waals surface area contributed by atoms with Crippen molar-refractivity contribution >= 4 is 5.82 Å². The third-order valence-electron chi connectivity index (χ3n) is 3.47. The molecule has 1 saturated heterocycles. The molecule has 4 heteroatoms. The normalized spacial score (nSPS) is 22.0. The Morgan fingerprint density at radius 3 is 2.50 bits per heavy atom. The summed E-state index contributed by atoms with van der Waals surface area (Å²) in [6, 6.07) is 5.46. The van der Waals surface area contributed by atoms with Gasteiger partial charge in [-0.15, -0.1) is 5.10 Å². The van der Waals surface area contributed by atoms with Crippen LogP contribution in [0.4, 0.5) is 5.82 Å². The van der Waals surface area contributed by atoms with Crippen LogP contribution in [0, 0.1) is 0 Å². The zero-order chi connectivity index (χ0) is 10.8. The summed E-state index contributed by atoms with van der Waals surface area (Å²) in [5.74, 6) is 1.07. The van der Waals surface area contributed by atoms with Crippen molar-refractivity contribution in [3.63, 3.8) is 0 Å². The molecular formula is C12H18N4. The van der Waals surface area contributed by atoms with Gasteiger partial charge in [-0.25, -0.2) is 0 Å². The first-order valence-corrected chi connectivity index (χ1v) is 6.22. The van der Waals surface area contributed by atoms with E-state index >= 15 is 0 Å². The SMILES string of the molecule is c1cnnc(N(C2CCNCC2)C2CC2)c1. The van der Waals surface area contributed by atoms with Crippen molar-refractivity contribution in [2.75, 3.05) is 18.0 Å². The maximum absolute atomic E-state index is 4.27. The number of nitrogens with zero attached hydrogens (tertiary/aromatic N) is 3. The minimum absolute atomic E-state index is 0.658. The van der Waals surface area contributed by atoms with E-state index in [9.17, 15) is 0 Å². The van der Waals surface area contributed by atoms with Gasteiger partial charge < -0.3 is 10.2 Å². The van der Waals surface area contributed by atoms with E-state index in [4.69, 9.17) is 0 Å². The third kappa shape index (κ3) is 2.02. The van der Waals surface area contributed by atoms with Crippen LogP contribution in [0.15, 0.2) is 18.3 Å². The first-order chi connectivity index (χ1) is 7.95. The van der Waals surface area contributed by atoms with Crippen LogP contribution >= 0.6 is 0 Å². The van der Waals surface area contributed by atoms with E-state index in [1.807, 2.05) is 6.07 Å². The van der Waals surface area contributed by atoms with E-state index < -0.39 is 0 Å². The van der Waals surface area contributed by atoms with Crippen molar-refractivity contribution in [3.8, 4) is 0 Å². The summed E-state index contributed by atoms with van der Waals surface area (Å²) >= 11 is 0. The van der Waals surface area contributed by atoms with Crippen LogP contribution in [0.5, 0.6) is 0 Å². The maximum atomic E-state index is 4.27. The van der Waals surface area contributed by atoms with Crippen molar-refractivity contribution in [1.82, 2.24) is 15.5 Å². The molecule has 2 fully saturated rings. The fourth-order valence-corrected chi connectivity index (χ4v) is 2.54. The molecule has 1 saturated carbocycles. The fraction of sp³-hybridized carbons (Fsp3) is 0.667. The fourth-order valence-electron chi connectivity index (χ4n) is 2.54. The molecule has 0 radical (unpaired) electrons. The Morgan fingerprint density at radius 2 is 1.88 bits per heavy atom. The van der Waals surface area contributed by atoms with Gasteiger partial charge in [-0.05, 0) is 50.9 Å². The summed E-state index contributed by atoms with van der Waals surface area (Å²) in [7, 11) is 0. The third-order valence-corrected chi connectivity index (χ3v) is 3.47. The molecule has 4 nitrogen and oxygen atoms in total. The van der Waals surface area contributed by atoms with E-state index in [-0.39, 0.29) is 0 Å². The summed E-state index contributed by atoms with van der Waals surface area (Å²) in [6.07, 6.45) is 6.85. The highest BCUT2D eigenvalue weighted by molar-refractivity contribution is 5.41. The number of nitrogens with one attached hydrogen (secondary N) is 1. The molecule has 1 aromatic rings. The van der Waals surface area contributed by atoms with E-state index in [0.29, 0.717) is 6.04 Å². The van der Waals surface area contributed by atoms with Crippen molar-refractivity contribution in [1.29, 1.82) is 0 Å². The Morgan fingerprint density at radius 1 is 1.12 bits per heavy atom. The highest BCUT2D eigenvalue weighted by Crippen LogP contribution is 2.34. The minimum atomic E-state index is 0.658. The van der Waals surface area contributed by atoms with Crippen LogP contribution in [0.3, 0.4) is 0 Å². The van der Waals surface area contributed by atoms with Crippen LogP contribution in [-0.4, -0.2) is 35.4 Å². The molecule has 0 bridgehead atoms. The molecule has 1 aromatic heterocycles. The largest absolute Gasteiger partial charge is 0.349 e. The molecule has 2 aliphatic rings.